The van der Waals surface area contributed by atoms with Crippen molar-refractivity contribution in [2.45, 2.75) is 64.5 Å². The van der Waals surface area contributed by atoms with E-state index in [1.54, 1.807) is 4.31 Å². The minimum Gasteiger partial charge on any atom is -0.311 e. The van der Waals surface area contributed by atoms with E-state index in [2.05, 4.69) is 19.2 Å². The van der Waals surface area contributed by atoms with E-state index in [-0.39, 0.29) is 0 Å². The van der Waals surface area contributed by atoms with E-state index in [0.717, 1.165) is 24.7 Å². The van der Waals surface area contributed by atoms with Crippen molar-refractivity contribution in [2.24, 2.45) is 11.8 Å². The van der Waals surface area contributed by atoms with Gasteiger partial charge in [-0.3, -0.25) is 0 Å². The maximum atomic E-state index is 11.5. The van der Waals surface area contributed by atoms with Crippen LogP contribution in [0.1, 0.15) is 52.4 Å². The number of hydrogen-bond donors (Lipinski definition) is 1. The predicted octanol–water partition coefficient (Wildman–Crippen LogP) is 2.21. The van der Waals surface area contributed by atoms with Crippen LogP contribution < -0.4 is 5.32 Å². The quantitative estimate of drug-likeness (QED) is 0.866. The van der Waals surface area contributed by atoms with Gasteiger partial charge in [-0.25, -0.2) is 12.7 Å². The van der Waals surface area contributed by atoms with Crippen molar-refractivity contribution < 1.29 is 8.42 Å². The van der Waals surface area contributed by atoms with Gasteiger partial charge in [-0.15, -0.1) is 0 Å². The van der Waals surface area contributed by atoms with Crippen LogP contribution in [0.3, 0.4) is 0 Å². The normalized spacial score (nSPS) is 30.8. The van der Waals surface area contributed by atoms with Crippen molar-refractivity contribution >= 4 is 10.0 Å². The minimum atomic E-state index is -3.00. The van der Waals surface area contributed by atoms with Crippen LogP contribution in [0.15, 0.2) is 0 Å². The highest BCUT2D eigenvalue weighted by atomic mass is 32.2. The van der Waals surface area contributed by atoms with Crippen LogP contribution in [0.25, 0.3) is 0 Å². The van der Waals surface area contributed by atoms with Crippen LogP contribution >= 0.6 is 0 Å². The summed E-state index contributed by atoms with van der Waals surface area (Å²) in [6.07, 6.45) is 8.56. The summed E-state index contributed by atoms with van der Waals surface area (Å²) in [5.41, 5.74) is 0. The predicted molar refractivity (Wildman–Crippen MR) is 83.2 cm³/mol. The highest BCUT2D eigenvalue weighted by molar-refractivity contribution is 7.88. The van der Waals surface area contributed by atoms with Crippen LogP contribution in [0, 0.1) is 11.8 Å². The third kappa shape index (κ3) is 4.18. The second kappa shape index (κ2) is 6.75. The molecule has 118 valence electrons. The molecule has 2 rings (SSSR count). The van der Waals surface area contributed by atoms with Crippen LogP contribution in [-0.4, -0.2) is 44.2 Å². The first-order chi connectivity index (χ1) is 9.38. The Labute approximate surface area is 124 Å². The van der Waals surface area contributed by atoms with Gasteiger partial charge in [0.25, 0.3) is 0 Å². The number of nitrogens with zero attached hydrogens (tertiary/aromatic N) is 1. The van der Waals surface area contributed by atoms with Gasteiger partial charge in [0.05, 0.1) is 6.26 Å². The molecule has 2 atom stereocenters. The van der Waals surface area contributed by atoms with E-state index < -0.39 is 10.0 Å². The van der Waals surface area contributed by atoms with Crippen LogP contribution in [0.2, 0.25) is 0 Å². The van der Waals surface area contributed by atoms with Crippen molar-refractivity contribution in [1.82, 2.24) is 9.62 Å². The van der Waals surface area contributed by atoms with E-state index in [4.69, 9.17) is 0 Å². The average Bonchev–Trinajstić information content (AvgIpc) is 2.38. The van der Waals surface area contributed by atoms with E-state index in [9.17, 15) is 8.42 Å². The van der Waals surface area contributed by atoms with Gasteiger partial charge in [0.1, 0.15) is 0 Å². The lowest BCUT2D eigenvalue weighted by atomic mass is 9.77. The Morgan fingerprint density at radius 1 is 1.05 bits per heavy atom. The maximum absolute atomic E-state index is 11.5. The third-order valence-electron chi connectivity index (χ3n) is 5.05. The Morgan fingerprint density at radius 2 is 1.65 bits per heavy atom. The van der Waals surface area contributed by atoms with Gasteiger partial charge in [-0.05, 0) is 37.5 Å². The minimum absolute atomic E-state index is 0.498. The summed E-state index contributed by atoms with van der Waals surface area (Å²) in [4.78, 5) is 0. The third-order valence-corrected chi connectivity index (χ3v) is 6.35. The Kier molecular flexibility index (Phi) is 5.49. The highest BCUT2D eigenvalue weighted by Crippen LogP contribution is 2.31. The van der Waals surface area contributed by atoms with Gasteiger partial charge in [0, 0.05) is 25.2 Å². The molecule has 0 aromatic carbocycles. The summed E-state index contributed by atoms with van der Waals surface area (Å²) < 4.78 is 24.7. The molecule has 2 aliphatic rings. The second-order valence-corrected chi connectivity index (χ2v) is 8.88. The van der Waals surface area contributed by atoms with Gasteiger partial charge in [0.2, 0.25) is 10.0 Å². The molecule has 2 fully saturated rings. The van der Waals surface area contributed by atoms with Crippen LogP contribution in [0.4, 0.5) is 0 Å². The summed E-state index contributed by atoms with van der Waals surface area (Å²) >= 11 is 0. The molecule has 0 aromatic heterocycles. The topological polar surface area (TPSA) is 49.4 Å². The van der Waals surface area contributed by atoms with Gasteiger partial charge in [-0.1, -0.05) is 26.7 Å². The van der Waals surface area contributed by atoms with Crippen molar-refractivity contribution in [3.8, 4) is 0 Å². The lowest BCUT2D eigenvalue weighted by Gasteiger charge is -2.39. The second-order valence-electron chi connectivity index (χ2n) is 6.90. The maximum Gasteiger partial charge on any atom is 0.211 e. The molecule has 5 heteroatoms. The molecular formula is C15H30N2O2S. The van der Waals surface area contributed by atoms with Gasteiger partial charge in [-0.2, -0.15) is 0 Å². The van der Waals surface area contributed by atoms with Gasteiger partial charge >= 0.3 is 0 Å². The number of rotatable bonds is 4. The molecule has 0 amide bonds. The van der Waals surface area contributed by atoms with E-state index in [1.165, 1.54) is 31.9 Å². The molecule has 0 bridgehead atoms. The Balaban J connectivity index is 1.85. The standard InChI is InChI=1S/C15H30N2O2S/c1-12(2)14-6-4-5-7-15(14)16-13-8-10-17(11-9-13)20(3,18)19/h12-16H,4-11H2,1-3H3. The molecule has 20 heavy (non-hydrogen) atoms. The Morgan fingerprint density at radius 3 is 2.20 bits per heavy atom. The summed E-state index contributed by atoms with van der Waals surface area (Å²) in [6.45, 7) is 6.01. The molecule has 1 N–H and O–H groups in total. The van der Waals surface area contributed by atoms with Crippen molar-refractivity contribution in [3.63, 3.8) is 0 Å². The van der Waals surface area contributed by atoms with E-state index >= 15 is 0 Å². The first kappa shape index (κ1) is 16.2. The molecular weight excluding hydrogens is 272 g/mol. The first-order valence-corrected chi connectivity index (χ1v) is 9.94. The first-order valence-electron chi connectivity index (χ1n) is 8.09. The zero-order valence-corrected chi connectivity index (χ0v) is 14.0. The number of sulfonamides is 1. The number of hydrogen-bond acceptors (Lipinski definition) is 3. The van der Waals surface area contributed by atoms with Crippen molar-refractivity contribution in [1.29, 1.82) is 0 Å². The zero-order chi connectivity index (χ0) is 14.8. The summed E-state index contributed by atoms with van der Waals surface area (Å²) in [7, 11) is -3.00. The Hall–Kier alpha value is -0.130. The van der Waals surface area contributed by atoms with E-state index in [1.807, 2.05) is 0 Å². The molecule has 4 nitrogen and oxygen atoms in total. The molecule has 2 unspecified atom stereocenters. The van der Waals surface area contributed by atoms with Gasteiger partial charge in [0.15, 0.2) is 0 Å². The lowest BCUT2D eigenvalue weighted by Crippen LogP contribution is -2.50. The molecule has 1 saturated carbocycles. The fraction of sp³-hybridized carbons (Fsp3) is 1.00. The molecule has 0 radical (unpaired) electrons. The highest BCUT2D eigenvalue weighted by Gasteiger charge is 2.31. The average molecular weight is 302 g/mol. The van der Waals surface area contributed by atoms with Crippen molar-refractivity contribution in [2.75, 3.05) is 19.3 Å². The fourth-order valence-corrected chi connectivity index (χ4v) is 4.70. The SMILES string of the molecule is CC(C)C1CCCCC1NC1CCN(S(C)(=O)=O)CC1. The molecule has 1 aliphatic heterocycles. The Bertz CT molecular complexity index is 400. The van der Waals surface area contributed by atoms with Crippen LogP contribution in [0.5, 0.6) is 0 Å². The molecule has 1 aliphatic carbocycles. The smallest absolute Gasteiger partial charge is 0.211 e. The van der Waals surface area contributed by atoms with Crippen molar-refractivity contribution in [3.05, 3.63) is 0 Å². The lowest BCUT2D eigenvalue weighted by molar-refractivity contribution is 0.173. The number of piperidine rings is 1. The fourth-order valence-electron chi connectivity index (χ4n) is 3.82. The van der Waals surface area contributed by atoms with Gasteiger partial charge < -0.3 is 5.32 Å². The summed E-state index contributed by atoms with van der Waals surface area (Å²) in [6, 6.07) is 1.14. The largest absolute Gasteiger partial charge is 0.311 e. The number of nitrogens with one attached hydrogen (secondary N) is 1. The monoisotopic (exact) mass is 302 g/mol. The zero-order valence-electron chi connectivity index (χ0n) is 13.1. The molecule has 1 saturated heterocycles. The van der Waals surface area contributed by atoms with Crippen LogP contribution in [-0.2, 0) is 10.0 Å². The summed E-state index contributed by atoms with van der Waals surface area (Å²) in [5.74, 6) is 1.53. The van der Waals surface area contributed by atoms with E-state index in [0.29, 0.717) is 25.2 Å². The summed E-state index contributed by atoms with van der Waals surface area (Å²) in [5, 5.41) is 3.84. The molecule has 0 spiro atoms. The molecule has 1 heterocycles. The molecule has 0 aromatic rings.